The molecule has 1 aromatic heterocycles. The first-order valence-corrected chi connectivity index (χ1v) is 4.09. The molecule has 0 radical (unpaired) electrons. The van der Waals surface area contributed by atoms with Crippen LogP contribution in [-0.4, -0.2) is 22.7 Å². The molecule has 1 heterocycles. The zero-order chi connectivity index (χ0) is 8.97. The quantitative estimate of drug-likeness (QED) is 0.680. The Hall–Kier alpha value is -0.640. The van der Waals surface area contributed by atoms with E-state index in [0.717, 1.165) is 5.56 Å². The Bertz CT molecular complexity index is 255. The van der Waals surface area contributed by atoms with E-state index in [1.54, 1.807) is 12.3 Å². The number of hydrogen-bond acceptors (Lipinski definition) is 3. The van der Waals surface area contributed by atoms with Crippen molar-refractivity contribution in [1.29, 1.82) is 0 Å². The fraction of sp³-hybridized carbons (Fsp3) is 0.375. The molecule has 0 aliphatic carbocycles. The SMILES string of the molecule is NCC(O)Cc1cccnc1Cl. The van der Waals surface area contributed by atoms with E-state index in [0.29, 0.717) is 11.6 Å². The molecule has 1 rings (SSSR count). The highest BCUT2D eigenvalue weighted by molar-refractivity contribution is 6.30. The van der Waals surface area contributed by atoms with Crippen LogP contribution >= 0.6 is 11.6 Å². The molecule has 1 atom stereocenters. The van der Waals surface area contributed by atoms with Crippen LogP contribution in [0, 0.1) is 0 Å². The van der Waals surface area contributed by atoms with Gasteiger partial charge in [-0.2, -0.15) is 0 Å². The van der Waals surface area contributed by atoms with Crippen LogP contribution in [0.25, 0.3) is 0 Å². The normalized spacial score (nSPS) is 12.9. The van der Waals surface area contributed by atoms with Crippen LogP contribution in [0.5, 0.6) is 0 Å². The number of aliphatic hydroxyl groups is 1. The van der Waals surface area contributed by atoms with E-state index >= 15 is 0 Å². The van der Waals surface area contributed by atoms with Crippen molar-refractivity contribution in [3.05, 3.63) is 29.0 Å². The van der Waals surface area contributed by atoms with Crippen LogP contribution in [0.15, 0.2) is 18.3 Å². The predicted octanol–water partition coefficient (Wildman–Crippen LogP) is 0.597. The van der Waals surface area contributed by atoms with Gasteiger partial charge >= 0.3 is 0 Å². The molecule has 0 amide bonds. The molecular weight excluding hydrogens is 176 g/mol. The first-order valence-electron chi connectivity index (χ1n) is 3.71. The predicted molar refractivity (Wildman–Crippen MR) is 48.0 cm³/mol. The van der Waals surface area contributed by atoms with Gasteiger partial charge in [0.15, 0.2) is 0 Å². The lowest BCUT2D eigenvalue weighted by atomic mass is 10.1. The van der Waals surface area contributed by atoms with Gasteiger partial charge in [0, 0.05) is 19.2 Å². The van der Waals surface area contributed by atoms with Crippen molar-refractivity contribution in [3.8, 4) is 0 Å². The van der Waals surface area contributed by atoms with Gasteiger partial charge in [-0.25, -0.2) is 4.98 Å². The van der Waals surface area contributed by atoms with Crippen LogP contribution in [0.2, 0.25) is 5.15 Å². The van der Waals surface area contributed by atoms with Crippen LogP contribution in [0.3, 0.4) is 0 Å². The minimum Gasteiger partial charge on any atom is -0.391 e. The van der Waals surface area contributed by atoms with Gasteiger partial charge < -0.3 is 10.8 Å². The Labute approximate surface area is 76.2 Å². The average Bonchev–Trinajstić information content (AvgIpc) is 2.09. The van der Waals surface area contributed by atoms with Gasteiger partial charge in [0.1, 0.15) is 5.15 Å². The fourth-order valence-corrected chi connectivity index (χ4v) is 1.11. The Morgan fingerprint density at radius 1 is 1.67 bits per heavy atom. The molecule has 0 fully saturated rings. The van der Waals surface area contributed by atoms with Crippen LogP contribution in [-0.2, 0) is 6.42 Å². The summed E-state index contributed by atoms with van der Waals surface area (Å²) in [5.74, 6) is 0. The van der Waals surface area contributed by atoms with Crippen molar-refractivity contribution >= 4 is 11.6 Å². The molecule has 0 spiro atoms. The smallest absolute Gasteiger partial charge is 0.132 e. The lowest BCUT2D eigenvalue weighted by Gasteiger charge is -2.07. The molecule has 12 heavy (non-hydrogen) atoms. The maximum Gasteiger partial charge on any atom is 0.132 e. The summed E-state index contributed by atoms with van der Waals surface area (Å²) < 4.78 is 0. The first-order chi connectivity index (χ1) is 5.74. The highest BCUT2D eigenvalue weighted by Gasteiger charge is 2.06. The van der Waals surface area contributed by atoms with Crippen LogP contribution in [0.1, 0.15) is 5.56 Å². The highest BCUT2D eigenvalue weighted by Crippen LogP contribution is 2.12. The molecule has 3 nitrogen and oxygen atoms in total. The van der Waals surface area contributed by atoms with E-state index in [2.05, 4.69) is 4.98 Å². The van der Waals surface area contributed by atoms with E-state index in [9.17, 15) is 5.11 Å². The molecule has 3 N–H and O–H groups in total. The fourth-order valence-electron chi connectivity index (χ4n) is 0.909. The maximum atomic E-state index is 9.22. The van der Waals surface area contributed by atoms with Crippen molar-refractivity contribution in [1.82, 2.24) is 4.98 Å². The van der Waals surface area contributed by atoms with Gasteiger partial charge in [-0.15, -0.1) is 0 Å². The van der Waals surface area contributed by atoms with Gasteiger partial charge in [0.05, 0.1) is 6.10 Å². The monoisotopic (exact) mass is 186 g/mol. The van der Waals surface area contributed by atoms with Gasteiger partial charge in [0.25, 0.3) is 0 Å². The highest BCUT2D eigenvalue weighted by atomic mass is 35.5. The molecule has 0 bridgehead atoms. The Morgan fingerprint density at radius 3 is 3.00 bits per heavy atom. The molecule has 1 unspecified atom stereocenters. The zero-order valence-electron chi connectivity index (χ0n) is 6.57. The first kappa shape index (κ1) is 9.45. The van der Waals surface area contributed by atoms with Gasteiger partial charge in [0.2, 0.25) is 0 Å². The summed E-state index contributed by atoms with van der Waals surface area (Å²) in [6.07, 6.45) is 1.54. The number of nitrogens with two attached hydrogens (primary N) is 1. The second kappa shape index (κ2) is 4.40. The number of nitrogens with zero attached hydrogens (tertiary/aromatic N) is 1. The molecule has 0 saturated carbocycles. The molecular formula is C8H11ClN2O. The van der Waals surface area contributed by atoms with E-state index in [1.807, 2.05) is 6.07 Å². The van der Waals surface area contributed by atoms with Gasteiger partial charge in [-0.3, -0.25) is 0 Å². The molecule has 66 valence electrons. The maximum absolute atomic E-state index is 9.22. The van der Waals surface area contributed by atoms with Crippen molar-refractivity contribution in [3.63, 3.8) is 0 Å². The lowest BCUT2D eigenvalue weighted by molar-refractivity contribution is 0.183. The minimum absolute atomic E-state index is 0.241. The zero-order valence-corrected chi connectivity index (χ0v) is 7.33. The molecule has 0 aliphatic rings. The van der Waals surface area contributed by atoms with Crippen molar-refractivity contribution < 1.29 is 5.11 Å². The summed E-state index contributed by atoms with van der Waals surface area (Å²) in [6, 6.07) is 3.61. The Kier molecular flexibility index (Phi) is 3.47. The Morgan fingerprint density at radius 2 is 2.42 bits per heavy atom. The summed E-state index contributed by atoms with van der Waals surface area (Å²) in [5, 5.41) is 9.66. The number of aromatic nitrogens is 1. The average molecular weight is 187 g/mol. The molecule has 0 saturated heterocycles. The number of hydrogen-bond donors (Lipinski definition) is 2. The molecule has 0 aromatic carbocycles. The summed E-state index contributed by atoms with van der Waals surface area (Å²) in [7, 11) is 0. The number of pyridine rings is 1. The molecule has 1 aromatic rings. The molecule has 4 heteroatoms. The topological polar surface area (TPSA) is 59.1 Å². The van der Waals surface area contributed by atoms with Gasteiger partial charge in [-0.05, 0) is 11.6 Å². The molecule has 0 aliphatic heterocycles. The summed E-state index contributed by atoms with van der Waals surface area (Å²) in [5.41, 5.74) is 6.09. The van der Waals surface area contributed by atoms with E-state index in [-0.39, 0.29) is 6.54 Å². The largest absolute Gasteiger partial charge is 0.391 e. The minimum atomic E-state index is -0.535. The number of halogens is 1. The standard InChI is InChI=1S/C8H11ClN2O/c9-8-6(2-1-3-11-8)4-7(12)5-10/h1-3,7,12H,4-5,10H2. The lowest BCUT2D eigenvalue weighted by Crippen LogP contribution is -2.22. The number of rotatable bonds is 3. The van der Waals surface area contributed by atoms with Gasteiger partial charge in [-0.1, -0.05) is 17.7 Å². The van der Waals surface area contributed by atoms with Crippen LogP contribution < -0.4 is 5.73 Å². The summed E-state index contributed by atoms with van der Waals surface area (Å²) in [6.45, 7) is 0.241. The second-order valence-electron chi connectivity index (χ2n) is 2.55. The van der Waals surface area contributed by atoms with Crippen molar-refractivity contribution in [2.45, 2.75) is 12.5 Å². The van der Waals surface area contributed by atoms with E-state index in [1.165, 1.54) is 0 Å². The van der Waals surface area contributed by atoms with E-state index in [4.69, 9.17) is 17.3 Å². The summed E-state index contributed by atoms with van der Waals surface area (Å²) in [4.78, 5) is 3.88. The third-order valence-corrected chi connectivity index (χ3v) is 1.90. The van der Waals surface area contributed by atoms with Crippen LogP contribution in [0.4, 0.5) is 0 Å². The Balaban J connectivity index is 2.69. The third-order valence-electron chi connectivity index (χ3n) is 1.56. The third kappa shape index (κ3) is 2.44. The second-order valence-corrected chi connectivity index (χ2v) is 2.90. The van der Waals surface area contributed by atoms with Crippen molar-refractivity contribution in [2.24, 2.45) is 5.73 Å². The van der Waals surface area contributed by atoms with E-state index < -0.39 is 6.10 Å². The number of aliphatic hydroxyl groups excluding tert-OH is 1. The van der Waals surface area contributed by atoms with Crippen molar-refractivity contribution in [2.75, 3.05) is 6.54 Å². The summed E-state index contributed by atoms with van der Waals surface area (Å²) >= 11 is 5.76.